The molecule has 1 N–H and O–H groups in total. The van der Waals surface area contributed by atoms with E-state index < -0.39 is 0 Å². The van der Waals surface area contributed by atoms with Gasteiger partial charge < -0.3 is 0 Å². The third-order valence-electron chi connectivity index (χ3n) is 1.90. The van der Waals surface area contributed by atoms with Gasteiger partial charge in [-0.05, 0) is 0 Å². The minimum absolute atomic E-state index is 0.458. The van der Waals surface area contributed by atoms with E-state index in [-0.39, 0.29) is 0 Å². The van der Waals surface area contributed by atoms with Crippen molar-refractivity contribution in [3.05, 3.63) is 36.4 Å². The van der Waals surface area contributed by atoms with E-state index in [1.54, 1.807) is 0 Å². The normalized spacial score (nSPS) is 10.4. The van der Waals surface area contributed by atoms with Crippen molar-refractivity contribution in [1.82, 2.24) is 0 Å². The Hall–Kier alpha value is -0.578. The molecule has 0 aliphatic heterocycles. The Labute approximate surface area is 86.7 Å². The first-order valence-corrected chi connectivity index (χ1v) is 5.66. The molecule has 0 aromatic heterocycles. The topological polar surface area (TPSA) is 20.2 Å². The first-order valence-electron chi connectivity index (χ1n) is 3.71. The second kappa shape index (κ2) is 3.05. The van der Waals surface area contributed by atoms with E-state index in [2.05, 4.69) is 6.07 Å². The number of benzene rings is 2. The average molecular weight is 350 g/mol. The van der Waals surface area contributed by atoms with Gasteiger partial charge in [-0.2, -0.15) is 0 Å². The Morgan fingerprint density at radius 3 is 2.58 bits per heavy atom. The zero-order chi connectivity index (χ0) is 8.55. The molecule has 0 fully saturated rings. The summed E-state index contributed by atoms with van der Waals surface area (Å²) in [6, 6.07) is 11.9. The molecule has 2 heteroatoms. The van der Waals surface area contributed by atoms with Gasteiger partial charge >= 0.3 is 86.9 Å². The molecular formula is C10H7OPb. The standard InChI is InChI=1S/C10H7O.Pb/c11-10-7-3-5-8-4-1-2-6-9(8)10;/h1-6,11H;. The fourth-order valence-corrected chi connectivity index (χ4v) is 2.10. The average Bonchev–Trinajstić information content (AvgIpc) is 2.12. The van der Waals surface area contributed by atoms with Gasteiger partial charge in [-0.15, -0.1) is 0 Å². The van der Waals surface area contributed by atoms with Crippen molar-refractivity contribution < 1.29 is 5.11 Å². The number of hydrogen-bond donors (Lipinski definition) is 1. The SMILES string of the molecule is Oc1[c]([Pb])ccc2ccccc12. The van der Waals surface area contributed by atoms with E-state index in [0.717, 1.165) is 39.7 Å². The molecule has 0 aliphatic rings. The quantitative estimate of drug-likeness (QED) is 0.711. The van der Waals surface area contributed by atoms with E-state index >= 15 is 0 Å². The first-order chi connectivity index (χ1) is 5.79. The Kier molecular flexibility index (Phi) is 2.04. The summed E-state index contributed by atoms with van der Waals surface area (Å²) in [5, 5.41) is 11.8. The predicted octanol–water partition coefficient (Wildman–Crippen LogP) is 1.34. The molecule has 1 nitrogen and oxygen atoms in total. The van der Waals surface area contributed by atoms with E-state index in [0.29, 0.717) is 5.75 Å². The molecule has 57 valence electrons. The maximum absolute atomic E-state index is 9.69. The number of phenols is 1. The number of fused-ring (bicyclic) bond motifs is 1. The van der Waals surface area contributed by atoms with Crippen LogP contribution in [0.4, 0.5) is 0 Å². The van der Waals surface area contributed by atoms with Crippen LogP contribution in [0.15, 0.2) is 36.4 Å². The monoisotopic (exact) mass is 351 g/mol. The summed E-state index contributed by atoms with van der Waals surface area (Å²) < 4.78 is 1.06. The van der Waals surface area contributed by atoms with E-state index in [4.69, 9.17) is 0 Å². The van der Waals surface area contributed by atoms with E-state index in [1.807, 2.05) is 30.3 Å². The van der Waals surface area contributed by atoms with Crippen molar-refractivity contribution in [1.29, 1.82) is 0 Å². The summed E-state index contributed by atoms with van der Waals surface area (Å²) in [6.45, 7) is 0. The zero-order valence-corrected chi connectivity index (χ0v) is 10.3. The van der Waals surface area contributed by atoms with Crippen molar-refractivity contribution in [3.8, 4) is 5.75 Å². The van der Waals surface area contributed by atoms with Gasteiger partial charge in [0.2, 0.25) is 0 Å². The van der Waals surface area contributed by atoms with Crippen LogP contribution in [-0.2, 0) is 0 Å². The van der Waals surface area contributed by atoms with Crippen molar-refractivity contribution in [2.24, 2.45) is 0 Å². The third kappa shape index (κ3) is 1.22. The molecule has 2 rings (SSSR count). The third-order valence-corrected chi connectivity index (χ3v) is 3.47. The van der Waals surface area contributed by atoms with Crippen molar-refractivity contribution in [3.63, 3.8) is 0 Å². The fraction of sp³-hybridized carbons (Fsp3) is 0. The van der Waals surface area contributed by atoms with E-state index in [1.165, 1.54) is 0 Å². The fourth-order valence-electron chi connectivity index (χ4n) is 1.26. The zero-order valence-electron chi connectivity index (χ0n) is 6.41. The molecule has 0 amide bonds. The van der Waals surface area contributed by atoms with Crippen LogP contribution in [0.25, 0.3) is 10.8 Å². The Morgan fingerprint density at radius 1 is 1.00 bits per heavy atom. The van der Waals surface area contributed by atoms with Crippen LogP contribution in [0, 0.1) is 0 Å². The molecule has 0 heterocycles. The molecule has 0 bridgehead atoms. The molecule has 0 saturated heterocycles. The van der Waals surface area contributed by atoms with Gasteiger partial charge in [0.25, 0.3) is 0 Å². The number of hydrogen-bond acceptors (Lipinski definition) is 1. The van der Waals surface area contributed by atoms with Gasteiger partial charge in [-0.25, -0.2) is 0 Å². The van der Waals surface area contributed by atoms with Crippen LogP contribution in [0.2, 0.25) is 0 Å². The van der Waals surface area contributed by atoms with E-state index in [9.17, 15) is 5.11 Å². The van der Waals surface area contributed by atoms with Crippen LogP contribution in [0.1, 0.15) is 0 Å². The summed E-state index contributed by atoms with van der Waals surface area (Å²) in [5.41, 5.74) is 0. The molecule has 0 aliphatic carbocycles. The van der Waals surface area contributed by atoms with Crippen molar-refractivity contribution in [2.45, 2.75) is 0 Å². The van der Waals surface area contributed by atoms with Crippen LogP contribution in [-0.4, -0.2) is 30.9 Å². The van der Waals surface area contributed by atoms with Crippen LogP contribution >= 0.6 is 0 Å². The Balaban J connectivity index is 2.91. The molecular weight excluding hydrogens is 343 g/mol. The Morgan fingerprint density at radius 2 is 1.75 bits per heavy atom. The first kappa shape index (κ1) is 8.04. The Bertz CT molecular complexity index is 423. The molecule has 12 heavy (non-hydrogen) atoms. The van der Waals surface area contributed by atoms with Crippen LogP contribution < -0.4 is 3.12 Å². The molecule has 0 unspecified atom stereocenters. The van der Waals surface area contributed by atoms with Gasteiger partial charge in [-0.3, -0.25) is 0 Å². The predicted molar refractivity (Wildman–Crippen MR) is 51.0 cm³/mol. The molecule has 2 aromatic carbocycles. The number of rotatable bonds is 0. The minimum atomic E-state index is 0.458. The van der Waals surface area contributed by atoms with Crippen LogP contribution in [0.5, 0.6) is 5.75 Å². The van der Waals surface area contributed by atoms with Crippen LogP contribution in [0.3, 0.4) is 0 Å². The summed E-state index contributed by atoms with van der Waals surface area (Å²) in [5.74, 6) is 0.458. The molecule has 2 aromatic rings. The molecule has 3 radical (unpaired) electrons. The number of aromatic hydroxyl groups is 1. The second-order valence-corrected chi connectivity index (χ2v) is 4.78. The van der Waals surface area contributed by atoms with Gasteiger partial charge in [-0.1, -0.05) is 0 Å². The van der Waals surface area contributed by atoms with Crippen molar-refractivity contribution in [2.75, 3.05) is 0 Å². The molecule has 0 spiro atoms. The summed E-state index contributed by atoms with van der Waals surface area (Å²) in [4.78, 5) is 0. The molecule has 0 saturated carbocycles. The van der Waals surface area contributed by atoms with Gasteiger partial charge in [0.05, 0.1) is 0 Å². The van der Waals surface area contributed by atoms with Gasteiger partial charge in [0, 0.05) is 0 Å². The van der Waals surface area contributed by atoms with Crippen molar-refractivity contribution >= 4 is 39.7 Å². The summed E-state index contributed by atoms with van der Waals surface area (Å²) in [6.07, 6.45) is 0. The van der Waals surface area contributed by atoms with Gasteiger partial charge in [0.1, 0.15) is 0 Å². The maximum atomic E-state index is 9.69. The molecule has 0 atom stereocenters. The summed E-state index contributed by atoms with van der Waals surface area (Å²) >= 11 is 0.896. The number of phenolic OH excluding ortho intramolecular Hbond substituents is 1. The second-order valence-electron chi connectivity index (χ2n) is 2.68. The van der Waals surface area contributed by atoms with Gasteiger partial charge in [0.15, 0.2) is 0 Å². The summed E-state index contributed by atoms with van der Waals surface area (Å²) in [7, 11) is 0.